The summed E-state index contributed by atoms with van der Waals surface area (Å²) in [6.07, 6.45) is 0. The quantitative estimate of drug-likeness (QED) is 0.692. The Bertz CT molecular complexity index is 385. The molecule has 13 heavy (non-hydrogen) atoms. The number of rotatable bonds is 2. The second-order valence-electron chi connectivity index (χ2n) is 2.68. The van der Waals surface area contributed by atoms with E-state index in [2.05, 4.69) is 5.32 Å². The summed E-state index contributed by atoms with van der Waals surface area (Å²) in [7, 11) is 1.65. The van der Waals surface area contributed by atoms with Gasteiger partial charge >= 0.3 is 0 Å². The number of ketones is 1. The molecule has 3 heteroatoms. The van der Waals surface area contributed by atoms with E-state index in [1.807, 2.05) is 0 Å². The van der Waals surface area contributed by atoms with E-state index in [4.69, 9.17) is 0 Å². The maximum atomic E-state index is 11.6. The van der Waals surface area contributed by atoms with Gasteiger partial charge in [0.1, 0.15) is 0 Å². The highest BCUT2D eigenvalue weighted by atomic mass is 16.1. The van der Waals surface area contributed by atoms with Crippen molar-refractivity contribution in [1.29, 1.82) is 0 Å². The van der Waals surface area contributed by atoms with Gasteiger partial charge in [-0.05, 0) is 19.1 Å². The molecule has 0 aliphatic heterocycles. The predicted octanol–water partition coefficient (Wildman–Crippen LogP) is 1.29. The van der Waals surface area contributed by atoms with Gasteiger partial charge in [-0.1, -0.05) is 12.1 Å². The average Bonchev–Trinajstić information content (AvgIpc) is 2.26. The molecule has 0 atom stereocenters. The molecule has 1 N–H and O–H groups in total. The summed E-state index contributed by atoms with van der Waals surface area (Å²) < 4.78 is 0. The highest BCUT2D eigenvalue weighted by molar-refractivity contribution is 5.94. The Hall–Kier alpha value is -1.64. The molecule has 0 spiro atoms. The van der Waals surface area contributed by atoms with Crippen LogP contribution in [-0.4, -0.2) is 12.8 Å². The first-order chi connectivity index (χ1) is 6.16. The van der Waals surface area contributed by atoms with Crippen molar-refractivity contribution in [3.63, 3.8) is 0 Å². The van der Waals surface area contributed by atoms with Crippen LogP contribution in [0, 0.1) is 0 Å². The molecule has 0 saturated carbocycles. The number of carbonyl (C=O) groups excluding carboxylic acids is 1. The third-order valence-electron chi connectivity index (χ3n) is 1.77. The van der Waals surface area contributed by atoms with E-state index in [0.717, 1.165) is 0 Å². The van der Waals surface area contributed by atoms with Crippen LogP contribution in [-0.2, 0) is 0 Å². The molecular weight excluding hydrogens is 166 g/mol. The van der Waals surface area contributed by atoms with Gasteiger partial charge in [-0.2, -0.15) is 0 Å². The number of hydrogen-bond acceptors (Lipinski definition) is 3. The Labute approximate surface area is 76.4 Å². The van der Waals surface area contributed by atoms with Crippen LogP contribution in [0.25, 0.3) is 0 Å². The molecule has 1 rings (SSSR count). The molecular formula is C10H11NO2. The molecule has 1 aromatic rings. The van der Waals surface area contributed by atoms with Crippen molar-refractivity contribution in [3.8, 4) is 0 Å². The molecule has 3 nitrogen and oxygen atoms in total. The summed E-state index contributed by atoms with van der Waals surface area (Å²) >= 11 is 0. The van der Waals surface area contributed by atoms with Crippen LogP contribution in [0.3, 0.4) is 0 Å². The smallest absolute Gasteiger partial charge is 0.212 e. The van der Waals surface area contributed by atoms with E-state index in [0.29, 0.717) is 5.69 Å². The predicted molar refractivity (Wildman–Crippen MR) is 52.3 cm³/mol. The lowest BCUT2D eigenvalue weighted by Gasteiger charge is -1.94. The van der Waals surface area contributed by atoms with E-state index in [1.165, 1.54) is 13.0 Å². The minimum Gasteiger partial charge on any atom is -0.385 e. The molecule has 68 valence electrons. The fourth-order valence-corrected chi connectivity index (χ4v) is 1.07. The maximum Gasteiger partial charge on any atom is 0.212 e. The maximum absolute atomic E-state index is 11.6. The molecule has 0 saturated heterocycles. The van der Waals surface area contributed by atoms with Crippen molar-refractivity contribution >= 4 is 11.5 Å². The lowest BCUT2D eigenvalue weighted by molar-refractivity contribution is 0.101. The molecule has 0 heterocycles. The van der Waals surface area contributed by atoms with Crippen molar-refractivity contribution in [3.05, 3.63) is 40.1 Å². The molecule has 0 bridgehead atoms. The largest absolute Gasteiger partial charge is 0.385 e. The van der Waals surface area contributed by atoms with Gasteiger partial charge in [0.2, 0.25) is 5.43 Å². The van der Waals surface area contributed by atoms with Crippen LogP contribution < -0.4 is 10.7 Å². The summed E-state index contributed by atoms with van der Waals surface area (Å²) in [5.74, 6) is -0.210. The normalized spacial score (nSPS) is 9.38. The summed E-state index contributed by atoms with van der Waals surface area (Å²) in [4.78, 5) is 22.6. The first-order valence-electron chi connectivity index (χ1n) is 3.99. The summed E-state index contributed by atoms with van der Waals surface area (Å²) in [5.41, 5.74) is 0.407. The van der Waals surface area contributed by atoms with E-state index in [1.54, 1.807) is 25.2 Å². The van der Waals surface area contributed by atoms with Gasteiger partial charge in [0.05, 0.1) is 11.3 Å². The number of hydrogen-bond donors (Lipinski definition) is 1. The molecule has 0 aliphatic carbocycles. The van der Waals surface area contributed by atoms with E-state index >= 15 is 0 Å². The minimum atomic E-state index is -0.250. The molecule has 0 radical (unpaired) electrons. The molecule has 0 aromatic heterocycles. The van der Waals surface area contributed by atoms with Crippen LogP contribution in [0.2, 0.25) is 0 Å². The zero-order valence-electron chi connectivity index (χ0n) is 7.63. The third-order valence-corrected chi connectivity index (χ3v) is 1.77. The van der Waals surface area contributed by atoms with Crippen molar-refractivity contribution in [2.45, 2.75) is 6.92 Å². The van der Waals surface area contributed by atoms with Crippen LogP contribution in [0.15, 0.2) is 29.1 Å². The monoisotopic (exact) mass is 177 g/mol. The fourth-order valence-electron chi connectivity index (χ4n) is 1.07. The van der Waals surface area contributed by atoms with Crippen molar-refractivity contribution < 1.29 is 4.79 Å². The fraction of sp³-hybridized carbons (Fsp3) is 0.200. The molecule has 0 amide bonds. The van der Waals surface area contributed by atoms with E-state index in [9.17, 15) is 9.59 Å². The highest BCUT2D eigenvalue weighted by Gasteiger charge is 2.05. The highest BCUT2D eigenvalue weighted by Crippen LogP contribution is 2.00. The number of nitrogens with one attached hydrogen (secondary N) is 1. The number of carbonyl (C=O) groups is 1. The van der Waals surface area contributed by atoms with Crippen LogP contribution in [0.5, 0.6) is 0 Å². The van der Waals surface area contributed by atoms with E-state index < -0.39 is 0 Å². The van der Waals surface area contributed by atoms with E-state index in [-0.39, 0.29) is 16.8 Å². The topological polar surface area (TPSA) is 46.2 Å². The number of anilines is 1. The lowest BCUT2D eigenvalue weighted by Crippen LogP contribution is -2.13. The van der Waals surface area contributed by atoms with Gasteiger partial charge in [0.15, 0.2) is 5.78 Å². The Balaban J connectivity index is 3.49. The second-order valence-corrected chi connectivity index (χ2v) is 2.68. The van der Waals surface area contributed by atoms with Crippen molar-refractivity contribution in [2.75, 3.05) is 12.4 Å². The zero-order valence-corrected chi connectivity index (χ0v) is 7.63. The van der Waals surface area contributed by atoms with Gasteiger partial charge in [0, 0.05) is 7.05 Å². The Morgan fingerprint density at radius 1 is 1.31 bits per heavy atom. The van der Waals surface area contributed by atoms with Gasteiger partial charge in [-0.3, -0.25) is 9.59 Å². The SMILES string of the molecule is CNc1ccccc(C(C)=O)c1=O. The molecule has 0 fully saturated rings. The lowest BCUT2D eigenvalue weighted by atomic mass is 10.2. The van der Waals surface area contributed by atoms with Crippen LogP contribution in [0.4, 0.5) is 5.69 Å². The zero-order chi connectivity index (χ0) is 9.84. The van der Waals surface area contributed by atoms with Crippen molar-refractivity contribution in [1.82, 2.24) is 0 Å². The van der Waals surface area contributed by atoms with Crippen molar-refractivity contribution in [2.24, 2.45) is 0 Å². The number of Topliss-reactive ketones (excluding diaryl/α,β-unsaturated/α-hetero) is 1. The first-order valence-corrected chi connectivity index (χ1v) is 3.99. The Morgan fingerprint density at radius 2 is 1.92 bits per heavy atom. The second kappa shape index (κ2) is 3.85. The van der Waals surface area contributed by atoms with Crippen LogP contribution >= 0.6 is 0 Å². The average molecular weight is 177 g/mol. The van der Waals surface area contributed by atoms with Gasteiger partial charge in [-0.25, -0.2) is 0 Å². The Morgan fingerprint density at radius 3 is 2.46 bits per heavy atom. The summed E-state index contributed by atoms with van der Waals surface area (Å²) in [5, 5.41) is 2.75. The van der Waals surface area contributed by atoms with Gasteiger partial charge < -0.3 is 5.32 Å². The van der Waals surface area contributed by atoms with Gasteiger partial charge in [-0.15, -0.1) is 0 Å². The molecule has 0 unspecified atom stereocenters. The summed E-state index contributed by atoms with van der Waals surface area (Å²) in [6, 6.07) is 6.58. The third kappa shape index (κ3) is 1.93. The van der Waals surface area contributed by atoms with Gasteiger partial charge in [0.25, 0.3) is 0 Å². The first kappa shape index (κ1) is 9.45. The minimum absolute atomic E-state index is 0.210. The Kier molecular flexibility index (Phi) is 2.80. The standard InChI is InChI=1S/C10H11NO2/c1-7(12)8-5-3-4-6-9(11-2)10(8)13/h3-6H,1-2H3,(H,11,13). The molecule has 0 aliphatic rings. The molecule has 1 aromatic carbocycles. The van der Waals surface area contributed by atoms with Crippen LogP contribution in [0.1, 0.15) is 17.3 Å². The summed E-state index contributed by atoms with van der Waals surface area (Å²) in [6.45, 7) is 1.39.